The molecular weight excluding hydrogens is 611 g/mol. The number of hydrogen-bond acceptors (Lipinski definition) is 5. The lowest BCUT2D eigenvalue weighted by Gasteiger charge is -2.41. The molecular formula is C36H40F3N3O5. The summed E-state index contributed by atoms with van der Waals surface area (Å²) in [7, 11) is 0. The highest BCUT2D eigenvalue weighted by Gasteiger charge is 2.41. The van der Waals surface area contributed by atoms with Crippen molar-refractivity contribution < 1.29 is 37.3 Å². The minimum atomic E-state index is -4.78. The summed E-state index contributed by atoms with van der Waals surface area (Å²) >= 11 is 0. The standard InChI is InChI=1S/C36H40F3N3O5/c1-35(2,3)27-14-16-29(17-15-27)42-31(23-10-12-24(13-11-23)33(45)40-19-18-32(43)44)22-46-34(42)41-28-8-4-6-25(20-28)26-7-5-9-30(21-26)47-36(37,38)39/h4-13,20-21,27,29,31H,14-19,22H2,1-3H3,(H,40,45)(H,43,44)/b41-34-. The van der Waals surface area contributed by atoms with Gasteiger partial charge in [0.05, 0.1) is 18.2 Å². The summed E-state index contributed by atoms with van der Waals surface area (Å²) in [4.78, 5) is 30.5. The summed E-state index contributed by atoms with van der Waals surface area (Å²) in [6.07, 6.45) is -0.849. The van der Waals surface area contributed by atoms with Gasteiger partial charge in [0.2, 0.25) is 0 Å². The molecule has 1 aliphatic carbocycles. The number of carbonyl (C=O) groups is 2. The lowest BCUT2D eigenvalue weighted by atomic mass is 9.71. The van der Waals surface area contributed by atoms with Gasteiger partial charge in [-0.2, -0.15) is 4.99 Å². The number of alkyl halides is 3. The largest absolute Gasteiger partial charge is 0.573 e. The maximum Gasteiger partial charge on any atom is 0.573 e. The molecule has 250 valence electrons. The lowest BCUT2D eigenvalue weighted by Crippen LogP contribution is -2.42. The Morgan fingerprint density at radius 2 is 1.62 bits per heavy atom. The first kappa shape index (κ1) is 33.8. The average molecular weight is 652 g/mol. The van der Waals surface area contributed by atoms with Crippen molar-refractivity contribution in [3.8, 4) is 16.9 Å². The molecule has 8 nitrogen and oxygen atoms in total. The van der Waals surface area contributed by atoms with E-state index in [1.165, 1.54) is 18.2 Å². The average Bonchev–Trinajstić information content (AvgIpc) is 3.43. The molecule has 5 rings (SSSR count). The number of nitrogens with zero attached hydrogens (tertiary/aromatic N) is 2. The van der Waals surface area contributed by atoms with Gasteiger partial charge in [0.25, 0.3) is 11.9 Å². The molecule has 47 heavy (non-hydrogen) atoms. The minimum absolute atomic E-state index is 0.0468. The van der Waals surface area contributed by atoms with Crippen molar-refractivity contribution in [3.05, 3.63) is 83.9 Å². The molecule has 2 fully saturated rings. The van der Waals surface area contributed by atoms with E-state index >= 15 is 0 Å². The number of ether oxygens (including phenoxy) is 2. The zero-order chi connectivity index (χ0) is 33.8. The molecule has 0 bridgehead atoms. The molecule has 0 spiro atoms. The van der Waals surface area contributed by atoms with Crippen molar-refractivity contribution >= 4 is 23.6 Å². The number of hydrogen-bond donors (Lipinski definition) is 2. The molecule has 2 N–H and O–H groups in total. The SMILES string of the molecule is CC(C)(C)C1CCC(N2/C(=N/c3cccc(-c4cccc(OC(F)(F)F)c4)c3)OCC2c2ccc(C(=O)NCCC(=O)O)cc2)CC1. The second-order valence-corrected chi connectivity index (χ2v) is 13.1. The summed E-state index contributed by atoms with van der Waals surface area (Å²) in [6, 6.07) is 20.9. The molecule has 0 aromatic heterocycles. The summed E-state index contributed by atoms with van der Waals surface area (Å²) in [6.45, 7) is 7.25. The van der Waals surface area contributed by atoms with Crippen LogP contribution in [-0.2, 0) is 9.53 Å². The summed E-state index contributed by atoms with van der Waals surface area (Å²) in [5.74, 6) is -1.01. The molecule has 1 aliphatic heterocycles. The predicted octanol–water partition coefficient (Wildman–Crippen LogP) is 8.12. The Kier molecular flexibility index (Phi) is 10.1. The third kappa shape index (κ3) is 8.84. The van der Waals surface area contributed by atoms with Crippen LogP contribution in [0, 0.1) is 11.3 Å². The van der Waals surface area contributed by atoms with E-state index in [4.69, 9.17) is 14.8 Å². The Balaban J connectivity index is 1.40. The third-order valence-corrected chi connectivity index (χ3v) is 8.90. The van der Waals surface area contributed by atoms with Gasteiger partial charge in [-0.05, 0) is 90.1 Å². The number of carbonyl (C=O) groups excluding carboxylic acids is 1. The van der Waals surface area contributed by atoms with Gasteiger partial charge in [0, 0.05) is 18.2 Å². The fourth-order valence-electron chi connectivity index (χ4n) is 6.40. The Hall–Kier alpha value is -4.54. The molecule has 1 heterocycles. The Labute approximate surface area is 272 Å². The maximum absolute atomic E-state index is 12.8. The van der Waals surface area contributed by atoms with E-state index in [-0.39, 0.29) is 42.1 Å². The first-order valence-corrected chi connectivity index (χ1v) is 15.8. The van der Waals surface area contributed by atoms with E-state index in [2.05, 4.69) is 35.7 Å². The lowest BCUT2D eigenvalue weighted by molar-refractivity contribution is -0.274. The van der Waals surface area contributed by atoms with Crippen molar-refractivity contribution in [2.75, 3.05) is 13.2 Å². The highest BCUT2D eigenvalue weighted by atomic mass is 19.4. The Morgan fingerprint density at radius 1 is 0.957 bits per heavy atom. The number of aliphatic imine (C=N–C) groups is 1. The summed E-state index contributed by atoms with van der Waals surface area (Å²) in [5.41, 5.74) is 3.46. The zero-order valence-electron chi connectivity index (χ0n) is 26.7. The maximum atomic E-state index is 12.8. The molecule has 2 aliphatic rings. The summed E-state index contributed by atoms with van der Waals surface area (Å²) < 4.78 is 48.8. The molecule has 0 radical (unpaired) electrons. The van der Waals surface area contributed by atoms with E-state index in [0.717, 1.165) is 31.2 Å². The van der Waals surface area contributed by atoms with Crippen molar-refractivity contribution in [2.45, 2.75) is 71.3 Å². The van der Waals surface area contributed by atoms with Gasteiger partial charge in [-0.15, -0.1) is 13.2 Å². The summed E-state index contributed by atoms with van der Waals surface area (Å²) in [5, 5.41) is 11.5. The second-order valence-electron chi connectivity index (χ2n) is 13.1. The van der Waals surface area contributed by atoms with Crippen molar-refractivity contribution in [1.82, 2.24) is 10.2 Å². The topological polar surface area (TPSA) is 100 Å². The van der Waals surface area contributed by atoms with Crippen molar-refractivity contribution in [1.29, 1.82) is 0 Å². The number of carboxylic acids is 1. The molecule has 11 heteroatoms. The number of nitrogens with one attached hydrogen (secondary N) is 1. The fraction of sp³-hybridized carbons (Fsp3) is 0.417. The monoisotopic (exact) mass is 651 g/mol. The molecule has 3 aromatic rings. The van der Waals surface area contributed by atoms with E-state index in [1.807, 2.05) is 24.3 Å². The van der Waals surface area contributed by atoms with Crippen LogP contribution in [0.15, 0.2) is 77.8 Å². The third-order valence-electron chi connectivity index (χ3n) is 8.90. The zero-order valence-corrected chi connectivity index (χ0v) is 26.7. The van der Waals surface area contributed by atoms with Gasteiger partial charge in [0.15, 0.2) is 0 Å². The number of halogens is 3. The van der Waals surface area contributed by atoms with Crippen LogP contribution in [0.4, 0.5) is 18.9 Å². The number of benzene rings is 3. The van der Waals surface area contributed by atoms with Gasteiger partial charge in [0.1, 0.15) is 12.4 Å². The second kappa shape index (κ2) is 14.1. The van der Waals surface area contributed by atoms with Crippen LogP contribution in [-0.4, -0.2) is 53.5 Å². The molecule has 1 amide bonds. The van der Waals surface area contributed by atoms with Gasteiger partial charge in [-0.25, -0.2) is 0 Å². The van der Waals surface area contributed by atoms with Gasteiger partial charge >= 0.3 is 12.3 Å². The Morgan fingerprint density at radius 3 is 2.26 bits per heavy atom. The normalized spacial score (nSPS) is 20.9. The smallest absolute Gasteiger partial charge is 0.481 e. The van der Waals surface area contributed by atoms with Crippen LogP contribution in [0.5, 0.6) is 5.75 Å². The molecule has 1 saturated heterocycles. The van der Waals surface area contributed by atoms with Gasteiger partial charge in [-0.1, -0.05) is 57.2 Å². The van der Waals surface area contributed by atoms with Crippen molar-refractivity contribution in [2.24, 2.45) is 16.3 Å². The van der Waals surface area contributed by atoms with Gasteiger partial charge < -0.3 is 24.8 Å². The van der Waals surface area contributed by atoms with E-state index < -0.39 is 12.3 Å². The molecule has 1 unspecified atom stereocenters. The number of amides is 1. The van der Waals surface area contributed by atoms with Crippen LogP contribution in [0.2, 0.25) is 0 Å². The van der Waals surface area contributed by atoms with E-state index in [0.29, 0.717) is 40.9 Å². The highest BCUT2D eigenvalue weighted by molar-refractivity contribution is 5.94. The number of rotatable bonds is 9. The number of amidine groups is 1. The van der Waals surface area contributed by atoms with Crippen LogP contribution < -0.4 is 10.1 Å². The number of carboxylic acid groups (broad SMARTS) is 1. The Bertz CT molecular complexity index is 1590. The van der Waals surface area contributed by atoms with Gasteiger partial charge in [-0.3, -0.25) is 9.59 Å². The van der Waals surface area contributed by atoms with Crippen LogP contribution in [0.1, 0.15) is 74.8 Å². The van der Waals surface area contributed by atoms with Crippen LogP contribution in [0.25, 0.3) is 11.1 Å². The number of aliphatic carboxylic acids is 1. The first-order chi connectivity index (χ1) is 22.3. The highest BCUT2D eigenvalue weighted by Crippen LogP contribution is 2.42. The molecule has 1 atom stereocenters. The van der Waals surface area contributed by atoms with Crippen molar-refractivity contribution in [3.63, 3.8) is 0 Å². The van der Waals surface area contributed by atoms with E-state index in [9.17, 15) is 22.8 Å². The van der Waals surface area contributed by atoms with Crippen LogP contribution in [0.3, 0.4) is 0 Å². The van der Waals surface area contributed by atoms with Crippen LogP contribution >= 0.6 is 0 Å². The molecule has 1 saturated carbocycles. The van der Waals surface area contributed by atoms with E-state index in [1.54, 1.807) is 30.3 Å². The minimum Gasteiger partial charge on any atom is -0.481 e. The quantitative estimate of drug-likeness (QED) is 0.242. The predicted molar refractivity (Wildman–Crippen MR) is 172 cm³/mol. The molecule has 3 aromatic carbocycles. The first-order valence-electron chi connectivity index (χ1n) is 15.8. The fourth-order valence-corrected chi connectivity index (χ4v) is 6.40.